The van der Waals surface area contributed by atoms with Gasteiger partial charge in [0.25, 0.3) is 0 Å². The van der Waals surface area contributed by atoms with Crippen LogP contribution in [-0.4, -0.2) is 29.2 Å². The van der Waals surface area contributed by atoms with Gasteiger partial charge in [0.05, 0.1) is 10.7 Å². The van der Waals surface area contributed by atoms with Gasteiger partial charge in [-0.05, 0) is 48.6 Å². The number of halogens is 1. The Morgan fingerprint density at radius 2 is 1.78 bits per heavy atom. The third kappa shape index (κ3) is 4.15. The quantitative estimate of drug-likeness (QED) is 0.619. The molecule has 3 aromatic rings. The van der Waals surface area contributed by atoms with Gasteiger partial charge in [0.15, 0.2) is 5.11 Å². The van der Waals surface area contributed by atoms with Gasteiger partial charge in [-0.3, -0.25) is 0 Å². The molecule has 2 aromatic carbocycles. The van der Waals surface area contributed by atoms with Crippen LogP contribution in [0.4, 0.5) is 11.5 Å². The lowest BCUT2D eigenvalue weighted by molar-refractivity contribution is 0.467. The van der Waals surface area contributed by atoms with E-state index in [0.717, 1.165) is 37.4 Å². The van der Waals surface area contributed by atoms with E-state index in [-0.39, 0.29) is 0 Å². The van der Waals surface area contributed by atoms with Crippen LogP contribution >= 0.6 is 23.8 Å². The molecule has 0 atom stereocenters. The molecule has 0 spiro atoms. The number of pyridine rings is 1. The number of benzene rings is 2. The van der Waals surface area contributed by atoms with Gasteiger partial charge in [0, 0.05) is 30.7 Å². The van der Waals surface area contributed by atoms with E-state index >= 15 is 0 Å². The molecule has 4 rings (SSSR count). The number of aromatic nitrogens is 1. The number of thiocarbonyl (C=S) groups is 1. The highest BCUT2D eigenvalue weighted by Gasteiger charge is 2.22. The maximum absolute atomic E-state index is 6.18. The molecule has 4 nitrogen and oxygen atoms in total. The second kappa shape index (κ2) is 8.11. The van der Waals surface area contributed by atoms with Crippen LogP contribution in [0.1, 0.15) is 12.8 Å². The van der Waals surface area contributed by atoms with Crippen LogP contribution < -0.4 is 15.5 Å². The van der Waals surface area contributed by atoms with Crippen LogP contribution in [0.15, 0.2) is 60.8 Å². The van der Waals surface area contributed by atoms with Crippen molar-refractivity contribution in [2.24, 2.45) is 0 Å². The zero-order valence-corrected chi connectivity index (χ0v) is 16.4. The molecule has 138 valence electrons. The predicted octanol–water partition coefficient (Wildman–Crippen LogP) is 4.84. The number of nitrogens with zero attached hydrogens (tertiary/aromatic N) is 2. The molecule has 0 unspecified atom stereocenters. The fourth-order valence-electron chi connectivity index (χ4n) is 3.50. The lowest BCUT2D eigenvalue weighted by atomic mass is 10.0. The number of piperidine rings is 1. The summed E-state index contributed by atoms with van der Waals surface area (Å²) < 4.78 is 0. The number of anilines is 2. The van der Waals surface area contributed by atoms with E-state index < -0.39 is 0 Å². The largest absolute Gasteiger partial charge is 0.360 e. The van der Waals surface area contributed by atoms with E-state index in [1.54, 1.807) is 0 Å². The highest BCUT2D eigenvalue weighted by Crippen LogP contribution is 2.26. The van der Waals surface area contributed by atoms with Crippen molar-refractivity contribution in [3.8, 4) is 0 Å². The van der Waals surface area contributed by atoms with Crippen molar-refractivity contribution in [3.05, 3.63) is 65.8 Å². The summed E-state index contributed by atoms with van der Waals surface area (Å²) in [6.45, 7) is 1.90. The number of hydrogen-bond donors (Lipinski definition) is 2. The minimum Gasteiger partial charge on any atom is -0.360 e. The van der Waals surface area contributed by atoms with Crippen molar-refractivity contribution in [1.82, 2.24) is 10.3 Å². The molecule has 1 aromatic heterocycles. The highest BCUT2D eigenvalue weighted by atomic mass is 35.5. The zero-order valence-electron chi connectivity index (χ0n) is 14.9. The lowest BCUT2D eigenvalue weighted by Crippen LogP contribution is -2.46. The normalized spacial score (nSPS) is 14.9. The third-order valence-corrected chi connectivity index (χ3v) is 5.45. The fraction of sp³-hybridized carbons (Fsp3) is 0.238. The zero-order chi connectivity index (χ0) is 18.6. The molecule has 2 N–H and O–H groups in total. The molecule has 1 saturated heterocycles. The molecular weight excluding hydrogens is 376 g/mol. The van der Waals surface area contributed by atoms with Crippen LogP contribution in [0.3, 0.4) is 0 Å². The molecule has 6 heteroatoms. The number of hydrogen-bond acceptors (Lipinski definition) is 3. The van der Waals surface area contributed by atoms with Crippen molar-refractivity contribution in [1.29, 1.82) is 0 Å². The molecule has 0 amide bonds. The Bertz CT molecular complexity index is 948. The second-order valence-corrected chi connectivity index (χ2v) is 7.51. The van der Waals surface area contributed by atoms with Gasteiger partial charge in [-0.25, -0.2) is 4.98 Å². The van der Waals surface area contributed by atoms with Gasteiger partial charge in [-0.15, -0.1) is 0 Å². The van der Waals surface area contributed by atoms with E-state index in [4.69, 9.17) is 23.8 Å². The lowest BCUT2D eigenvalue weighted by Gasteiger charge is -2.34. The van der Waals surface area contributed by atoms with Crippen molar-refractivity contribution in [2.75, 3.05) is 23.3 Å². The monoisotopic (exact) mass is 396 g/mol. The van der Waals surface area contributed by atoms with Crippen LogP contribution in [0.5, 0.6) is 0 Å². The van der Waals surface area contributed by atoms with Crippen LogP contribution in [0.25, 0.3) is 10.8 Å². The maximum atomic E-state index is 6.18. The minimum atomic E-state index is 0.346. The van der Waals surface area contributed by atoms with E-state index in [0.29, 0.717) is 16.2 Å². The Kier molecular flexibility index (Phi) is 5.41. The van der Waals surface area contributed by atoms with Gasteiger partial charge in [0.2, 0.25) is 0 Å². The maximum Gasteiger partial charge on any atom is 0.171 e. The summed E-state index contributed by atoms with van der Waals surface area (Å²) in [7, 11) is 0. The average molecular weight is 397 g/mol. The average Bonchev–Trinajstić information content (AvgIpc) is 2.70. The van der Waals surface area contributed by atoms with Crippen molar-refractivity contribution in [2.45, 2.75) is 18.9 Å². The first kappa shape index (κ1) is 18.0. The fourth-order valence-corrected chi connectivity index (χ4v) is 3.96. The van der Waals surface area contributed by atoms with Crippen LogP contribution in [0, 0.1) is 0 Å². The number of rotatable bonds is 3. The van der Waals surface area contributed by atoms with Crippen molar-refractivity contribution < 1.29 is 0 Å². The molecule has 1 aliphatic rings. The molecule has 2 heterocycles. The molecule has 27 heavy (non-hydrogen) atoms. The van der Waals surface area contributed by atoms with Gasteiger partial charge in [-0.2, -0.15) is 0 Å². The number of para-hydroxylation sites is 1. The Hall–Kier alpha value is -2.37. The Morgan fingerprint density at radius 1 is 1.04 bits per heavy atom. The molecule has 0 bridgehead atoms. The van der Waals surface area contributed by atoms with Gasteiger partial charge >= 0.3 is 0 Å². The van der Waals surface area contributed by atoms with E-state index in [2.05, 4.69) is 50.8 Å². The Labute approximate surface area is 169 Å². The van der Waals surface area contributed by atoms with Gasteiger partial charge in [-0.1, -0.05) is 48.0 Å². The third-order valence-electron chi connectivity index (χ3n) is 4.90. The second-order valence-electron chi connectivity index (χ2n) is 6.70. The summed E-state index contributed by atoms with van der Waals surface area (Å²) in [4.78, 5) is 7.00. The summed E-state index contributed by atoms with van der Waals surface area (Å²) in [5, 5.41) is 10.3. The van der Waals surface area contributed by atoms with Gasteiger partial charge in [0.1, 0.15) is 5.82 Å². The summed E-state index contributed by atoms with van der Waals surface area (Å²) in [6, 6.07) is 18.4. The molecule has 0 saturated carbocycles. The standard InChI is InChI=1S/C21H21ClN4S/c22-18-7-3-4-8-19(18)25-21(27)24-16-10-13-26(14-11-16)20-17-6-2-1-5-15(17)9-12-23-20/h1-9,12,16H,10-11,13-14H2,(H2,24,25,27). The molecule has 0 radical (unpaired) electrons. The molecule has 1 fully saturated rings. The van der Waals surface area contributed by atoms with Gasteiger partial charge < -0.3 is 15.5 Å². The summed E-state index contributed by atoms with van der Waals surface area (Å²) in [5.74, 6) is 1.07. The number of fused-ring (bicyclic) bond motifs is 1. The summed E-state index contributed by atoms with van der Waals surface area (Å²) >= 11 is 11.6. The van der Waals surface area contributed by atoms with E-state index in [1.165, 1.54) is 10.8 Å². The van der Waals surface area contributed by atoms with Crippen LogP contribution in [0.2, 0.25) is 5.02 Å². The summed E-state index contributed by atoms with van der Waals surface area (Å²) in [6.07, 6.45) is 3.91. The highest BCUT2D eigenvalue weighted by molar-refractivity contribution is 7.80. The molecular formula is C21H21ClN4S. The first-order valence-corrected chi connectivity index (χ1v) is 9.90. The first-order valence-electron chi connectivity index (χ1n) is 9.11. The Balaban J connectivity index is 1.36. The molecule has 0 aliphatic carbocycles. The SMILES string of the molecule is S=C(Nc1ccccc1Cl)NC1CCN(c2nccc3ccccc23)CC1. The van der Waals surface area contributed by atoms with Crippen LogP contribution in [-0.2, 0) is 0 Å². The molecule has 1 aliphatic heterocycles. The predicted molar refractivity (Wildman–Crippen MR) is 118 cm³/mol. The van der Waals surface area contributed by atoms with E-state index in [9.17, 15) is 0 Å². The Morgan fingerprint density at radius 3 is 2.59 bits per heavy atom. The topological polar surface area (TPSA) is 40.2 Å². The van der Waals surface area contributed by atoms with Crippen molar-refractivity contribution >= 4 is 51.2 Å². The summed E-state index contributed by atoms with van der Waals surface area (Å²) in [5.41, 5.74) is 0.828. The van der Waals surface area contributed by atoms with E-state index in [1.807, 2.05) is 30.5 Å². The smallest absolute Gasteiger partial charge is 0.171 e. The first-order chi connectivity index (χ1) is 13.2. The minimum absolute atomic E-state index is 0.346. The van der Waals surface area contributed by atoms with Crippen molar-refractivity contribution in [3.63, 3.8) is 0 Å². The number of nitrogens with one attached hydrogen (secondary N) is 2.